The first-order chi connectivity index (χ1) is 10.0. The van der Waals surface area contributed by atoms with Crippen LogP contribution in [0.25, 0.3) is 10.2 Å². The number of aromatic nitrogens is 2. The number of aryl methyl sites for hydroxylation is 1. The summed E-state index contributed by atoms with van der Waals surface area (Å²) in [5, 5.41) is 1.81. The molecule has 3 nitrogen and oxygen atoms in total. The van der Waals surface area contributed by atoms with Crippen LogP contribution in [0.5, 0.6) is 0 Å². The van der Waals surface area contributed by atoms with Crippen molar-refractivity contribution in [2.75, 3.05) is 5.75 Å². The molecule has 0 N–H and O–H groups in total. The number of thiophene rings is 2. The molecular formula is C13H8Cl2N2OS3. The Bertz CT molecular complexity index is 828. The van der Waals surface area contributed by atoms with Crippen LogP contribution in [0.3, 0.4) is 0 Å². The lowest BCUT2D eigenvalue weighted by molar-refractivity contribution is 0.102. The second-order valence-electron chi connectivity index (χ2n) is 4.20. The lowest BCUT2D eigenvalue weighted by atomic mass is 10.2. The molecule has 8 heteroatoms. The highest BCUT2D eigenvalue weighted by atomic mass is 35.5. The lowest BCUT2D eigenvalue weighted by Gasteiger charge is -2.01. The molecule has 0 unspecified atom stereocenters. The molecule has 0 spiro atoms. The minimum atomic E-state index is -0.0492. The number of halogens is 2. The molecule has 0 amide bonds. The molecule has 0 atom stereocenters. The molecule has 0 aliphatic rings. The van der Waals surface area contributed by atoms with Crippen molar-refractivity contribution >= 4 is 73.6 Å². The number of rotatable bonds is 4. The van der Waals surface area contributed by atoms with Gasteiger partial charge in [-0.25, -0.2) is 9.97 Å². The number of thioether (sulfide) groups is 1. The van der Waals surface area contributed by atoms with Gasteiger partial charge in [0, 0.05) is 15.8 Å². The third kappa shape index (κ3) is 3.24. The average molecular weight is 375 g/mol. The van der Waals surface area contributed by atoms with Crippen LogP contribution in [0.4, 0.5) is 0 Å². The highest BCUT2D eigenvalue weighted by molar-refractivity contribution is 8.00. The molecule has 0 saturated carbocycles. The van der Waals surface area contributed by atoms with Crippen LogP contribution in [0.2, 0.25) is 8.67 Å². The van der Waals surface area contributed by atoms with Crippen molar-refractivity contribution < 1.29 is 4.79 Å². The van der Waals surface area contributed by atoms with Crippen LogP contribution in [0.15, 0.2) is 23.5 Å². The molecule has 3 rings (SSSR count). The predicted molar refractivity (Wildman–Crippen MR) is 91.5 cm³/mol. The SMILES string of the molecule is Cc1cc2c(SCC(=O)c3cc(Cl)sc3Cl)ncnc2s1. The van der Waals surface area contributed by atoms with Crippen LogP contribution in [0.1, 0.15) is 15.2 Å². The third-order valence-electron chi connectivity index (χ3n) is 2.71. The van der Waals surface area contributed by atoms with E-state index in [-0.39, 0.29) is 11.5 Å². The van der Waals surface area contributed by atoms with Crippen LogP contribution < -0.4 is 0 Å². The third-order valence-corrected chi connectivity index (χ3v) is 6.16. The fourth-order valence-corrected chi connectivity index (χ4v) is 5.08. The van der Waals surface area contributed by atoms with Gasteiger partial charge in [0.25, 0.3) is 0 Å². The van der Waals surface area contributed by atoms with Crippen molar-refractivity contribution in [2.24, 2.45) is 0 Å². The molecule has 108 valence electrons. The van der Waals surface area contributed by atoms with Gasteiger partial charge in [-0.05, 0) is 19.1 Å². The maximum absolute atomic E-state index is 12.2. The molecule has 0 aliphatic carbocycles. The standard InChI is InChI=1S/C13H8Cl2N2OS3/c1-6-2-8-12(16-5-17-13(8)20-6)19-4-9(18)7-3-10(14)21-11(7)15/h2-3,5H,4H2,1H3. The molecule has 0 bridgehead atoms. The van der Waals surface area contributed by atoms with Crippen LogP contribution >= 0.6 is 57.6 Å². The summed E-state index contributed by atoms with van der Waals surface area (Å²) in [5.74, 6) is 0.222. The van der Waals surface area contributed by atoms with E-state index in [4.69, 9.17) is 23.2 Å². The van der Waals surface area contributed by atoms with Gasteiger partial charge in [-0.2, -0.15) is 0 Å². The Hall–Kier alpha value is -0.660. The molecule has 0 saturated heterocycles. The number of carbonyl (C=O) groups is 1. The maximum atomic E-state index is 12.2. The molecular weight excluding hydrogens is 367 g/mol. The van der Waals surface area contributed by atoms with Crippen LogP contribution in [-0.4, -0.2) is 21.5 Å². The number of carbonyl (C=O) groups excluding carboxylic acids is 1. The predicted octanol–water partition coefficient (Wildman–Crippen LogP) is 5.34. The van der Waals surface area contributed by atoms with E-state index in [1.54, 1.807) is 17.4 Å². The fourth-order valence-electron chi connectivity index (χ4n) is 1.81. The average Bonchev–Trinajstić information content (AvgIpc) is 2.97. The van der Waals surface area contributed by atoms with Gasteiger partial charge in [-0.15, -0.1) is 22.7 Å². The van der Waals surface area contributed by atoms with Gasteiger partial charge >= 0.3 is 0 Å². The lowest BCUT2D eigenvalue weighted by Crippen LogP contribution is -2.01. The van der Waals surface area contributed by atoms with Crippen LogP contribution in [-0.2, 0) is 0 Å². The number of Topliss-reactive ketones (excluding diaryl/α,β-unsaturated/α-hetero) is 1. The first kappa shape index (κ1) is 15.2. The van der Waals surface area contributed by atoms with Crippen molar-refractivity contribution in [2.45, 2.75) is 11.9 Å². The van der Waals surface area contributed by atoms with Gasteiger partial charge in [-0.3, -0.25) is 4.79 Å². The Morgan fingerprint density at radius 2 is 2.10 bits per heavy atom. The zero-order valence-electron chi connectivity index (χ0n) is 10.7. The van der Waals surface area contributed by atoms with Crippen LogP contribution in [0, 0.1) is 6.92 Å². The van der Waals surface area contributed by atoms with Crippen molar-refractivity contribution in [1.29, 1.82) is 0 Å². The number of hydrogen-bond donors (Lipinski definition) is 0. The highest BCUT2D eigenvalue weighted by Gasteiger charge is 2.16. The molecule has 3 aromatic heterocycles. The number of fused-ring (bicyclic) bond motifs is 1. The Labute approximate surface area is 143 Å². The second kappa shape index (κ2) is 6.22. The topological polar surface area (TPSA) is 42.9 Å². The summed E-state index contributed by atoms with van der Waals surface area (Å²) < 4.78 is 0.955. The summed E-state index contributed by atoms with van der Waals surface area (Å²) in [7, 11) is 0. The van der Waals surface area contributed by atoms with Gasteiger partial charge in [0.05, 0.1) is 10.1 Å². The first-order valence-corrected chi connectivity index (χ1v) is 9.24. The quantitative estimate of drug-likeness (QED) is 0.351. The van der Waals surface area contributed by atoms with E-state index in [1.807, 2.05) is 13.0 Å². The van der Waals surface area contributed by atoms with Gasteiger partial charge in [0.2, 0.25) is 0 Å². The summed E-state index contributed by atoms with van der Waals surface area (Å²) in [6.45, 7) is 2.03. The van der Waals surface area contributed by atoms with E-state index in [1.165, 1.54) is 34.3 Å². The fraction of sp³-hybridized carbons (Fsp3) is 0.154. The molecule has 21 heavy (non-hydrogen) atoms. The Morgan fingerprint density at radius 1 is 1.29 bits per heavy atom. The normalized spacial score (nSPS) is 11.2. The van der Waals surface area contributed by atoms with Gasteiger partial charge in [0.15, 0.2) is 5.78 Å². The Kier molecular flexibility index (Phi) is 4.51. The van der Waals surface area contributed by atoms with Crippen molar-refractivity contribution in [1.82, 2.24) is 9.97 Å². The van der Waals surface area contributed by atoms with E-state index < -0.39 is 0 Å². The number of nitrogens with zero attached hydrogens (tertiary/aromatic N) is 2. The zero-order chi connectivity index (χ0) is 15.0. The van der Waals surface area contributed by atoms with E-state index in [9.17, 15) is 4.79 Å². The van der Waals surface area contributed by atoms with Crippen molar-refractivity contribution in [3.8, 4) is 0 Å². The molecule has 3 heterocycles. The first-order valence-electron chi connectivity index (χ1n) is 5.86. The van der Waals surface area contributed by atoms with E-state index in [2.05, 4.69) is 9.97 Å². The minimum absolute atomic E-state index is 0.0492. The summed E-state index contributed by atoms with van der Waals surface area (Å²) in [6.07, 6.45) is 1.53. The zero-order valence-corrected chi connectivity index (χ0v) is 14.7. The summed E-state index contributed by atoms with van der Waals surface area (Å²) in [4.78, 5) is 22.8. The van der Waals surface area contributed by atoms with Gasteiger partial charge < -0.3 is 0 Å². The Morgan fingerprint density at radius 3 is 2.81 bits per heavy atom. The summed E-state index contributed by atoms with van der Waals surface area (Å²) in [6, 6.07) is 3.66. The molecule has 0 aromatic carbocycles. The molecule has 0 radical (unpaired) electrons. The molecule has 0 fully saturated rings. The van der Waals surface area contributed by atoms with E-state index >= 15 is 0 Å². The van der Waals surface area contributed by atoms with Gasteiger partial charge in [-0.1, -0.05) is 35.0 Å². The van der Waals surface area contributed by atoms with Crippen molar-refractivity contribution in [3.05, 3.63) is 37.6 Å². The molecule has 3 aromatic rings. The van der Waals surface area contributed by atoms with Gasteiger partial charge in [0.1, 0.15) is 20.5 Å². The minimum Gasteiger partial charge on any atom is -0.293 e. The number of hydrogen-bond acceptors (Lipinski definition) is 6. The smallest absolute Gasteiger partial charge is 0.175 e. The Balaban J connectivity index is 1.80. The number of ketones is 1. The van der Waals surface area contributed by atoms with E-state index in [0.717, 1.165) is 15.2 Å². The second-order valence-corrected chi connectivity index (χ2v) is 8.69. The highest BCUT2D eigenvalue weighted by Crippen LogP contribution is 2.34. The monoisotopic (exact) mass is 374 g/mol. The van der Waals surface area contributed by atoms with E-state index in [0.29, 0.717) is 14.2 Å². The summed E-state index contributed by atoms with van der Waals surface area (Å²) >= 11 is 16.1. The largest absolute Gasteiger partial charge is 0.293 e. The van der Waals surface area contributed by atoms with Crippen molar-refractivity contribution in [3.63, 3.8) is 0 Å². The maximum Gasteiger partial charge on any atom is 0.175 e. The molecule has 0 aliphatic heterocycles. The summed E-state index contributed by atoms with van der Waals surface area (Å²) in [5.41, 5.74) is 0.478.